The molecule has 2 fully saturated rings. The van der Waals surface area contributed by atoms with E-state index in [1.807, 2.05) is 0 Å². The molecule has 1 aromatic carbocycles. The molecule has 2 aliphatic rings. The predicted molar refractivity (Wildman–Crippen MR) is 103 cm³/mol. The van der Waals surface area contributed by atoms with Gasteiger partial charge < -0.3 is 4.79 Å². The van der Waals surface area contributed by atoms with Crippen molar-refractivity contribution in [2.45, 2.75) is 57.4 Å². The number of carbonyl (C=O) groups is 2. The van der Waals surface area contributed by atoms with E-state index in [1.54, 1.807) is 0 Å². The van der Waals surface area contributed by atoms with Gasteiger partial charge in [-0.05, 0) is 43.6 Å². The number of aldehydes is 1. The zero-order valence-corrected chi connectivity index (χ0v) is 15.7. The van der Waals surface area contributed by atoms with Crippen LogP contribution in [-0.2, 0) is 16.0 Å². The summed E-state index contributed by atoms with van der Waals surface area (Å²) < 4.78 is 3.20. The molecule has 0 aromatic heterocycles. The summed E-state index contributed by atoms with van der Waals surface area (Å²) in [6, 6.07) is 10.4. The first-order valence-corrected chi connectivity index (χ1v) is 10.7. The summed E-state index contributed by atoms with van der Waals surface area (Å²) in [4.78, 5) is 24.2. The Morgan fingerprint density at radius 2 is 1.96 bits per heavy atom. The average Bonchev–Trinajstić information content (AvgIpc) is 3.14. The van der Waals surface area contributed by atoms with Crippen LogP contribution in [0.3, 0.4) is 0 Å². The lowest BCUT2D eigenvalue weighted by molar-refractivity contribution is -0.130. The molecule has 3 unspecified atom stereocenters. The Bertz CT molecular complexity index is 562. The molecule has 0 bridgehead atoms. The fourth-order valence-corrected chi connectivity index (χ4v) is 5.37. The molecule has 1 saturated heterocycles. The Hall–Kier alpha value is -1.13. The van der Waals surface area contributed by atoms with Crippen LogP contribution in [0.15, 0.2) is 30.3 Å². The Kier molecular flexibility index (Phi) is 7.12. The Labute approximate surface area is 155 Å². The van der Waals surface area contributed by atoms with E-state index in [-0.39, 0.29) is 17.9 Å². The molecule has 1 aliphatic carbocycles. The molecule has 1 saturated carbocycles. The first-order chi connectivity index (χ1) is 12.3. The fourth-order valence-electron chi connectivity index (χ4n) is 4.34. The number of rotatable bonds is 8. The van der Waals surface area contributed by atoms with Crippen LogP contribution in [0.4, 0.5) is 0 Å². The number of nitrogens with one attached hydrogen (secondary N) is 1. The second kappa shape index (κ2) is 9.54. The van der Waals surface area contributed by atoms with Gasteiger partial charge in [-0.2, -0.15) is 0 Å². The van der Waals surface area contributed by atoms with Gasteiger partial charge >= 0.3 is 0 Å². The van der Waals surface area contributed by atoms with Crippen molar-refractivity contribution in [2.24, 2.45) is 17.8 Å². The molecule has 1 aromatic rings. The molecule has 4 heteroatoms. The molecule has 1 N–H and O–H groups in total. The van der Waals surface area contributed by atoms with Gasteiger partial charge in [0.05, 0.1) is 6.04 Å². The van der Waals surface area contributed by atoms with E-state index >= 15 is 0 Å². The van der Waals surface area contributed by atoms with E-state index in [0.717, 1.165) is 37.7 Å². The van der Waals surface area contributed by atoms with Crippen LogP contribution < -0.4 is 4.72 Å². The van der Waals surface area contributed by atoms with Crippen LogP contribution in [0.25, 0.3) is 0 Å². The summed E-state index contributed by atoms with van der Waals surface area (Å²) in [5.41, 5.74) is 1.40. The molecular formula is C21H29NO2S. The Morgan fingerprint density at radius 3 is 2.76 bits per heavy atom. The summed E-state index contributed by atoms with van der Waals surface area (Å²) in [7, 11) is 0. The number of Topliss-reactive ketones (excluding diaryl/α,β-unsaturated/α-hetero) is 1. The molecule has 0 spiro atoms. The van der Waals surface area contributed by atoms with Gasteiger partial charge in [-0.25, -0.2) is 0 Å². The number of benzene rings is 1. The summed E-state index contributed by atoms with van der Waals surface area (Å²) in [6.45, 7) is 0. The van der Waals surface area contributed by atoms with Crippen molar-refractivity contribution in [3.63, 3.8) is 0 Å². The lowest BCUT2D eigenvalue weighted by Crippen LogP contribution is -2.42. The van der Waals surface area contributed by atoms with Crippen molar-refractivity contribution in [1.82, 2.24) is 4.72 Å². The number of hydrogen-bond donors (Lipinski definition) is 1. The number of unbranched alkanes of at least 4 members (excludes halogenated alkanes) is 1. The normalized spacial score (nSPS) is 29.4. The lowest BCUT2D eigenvalue weighted by Gasteiger charge is -2.32. The first kappa shape index (κ1) is 18.7. The van der Waals surface area contributed by atoms with E-state index < -0.39 is 0 Å². The van der Waals surface area contributed by atoms with Gasteiger partial charge in [-0.3, -0.25) is 9.52 Å². The maximum atomic E-state index is 13.0. The monoisotopic (exact) mass is 359 g/mol. The molecule has 3 rings (SSSR count). The van der Waals surface area contributed by atoms with Crippen LogP contribution in [0.5, 0.6) is 0 Å². The van der Waals surface area contributed by atoms with Gasteiger partial charge in [0.15, 0.2) is 5.78 Å². The van der Waals surface area contributed by atoms with Crippen molar-refractivity contribution in [1.29, 1.82) is 0 Å². The van der Waals surface area contributed by atoms with E-state index in [0.29, 0.717) is 11.7 Å². The van der Waals surface area contributed by atoms with Crippen molar-refractivity contribution in [2.75, 3.05) is 5.75 Å². The molecular weight excluding hydrogens is 330 g/mol. The van der Waals surface area contributed by atoms with E-state index in [4.69, 9.17) is 0 Å². The second-order valence-corrected chi connectivity index (χ2v) is 8.35. The third-order valence-electron chi connectivity index (χ3n) is 5.80. The third kappa shape index (κ3) is 4.95. The minimum atomic E-state index is -0.252. The number of aryl methyl sites for hydroxylation is 1. The Balaban J connectivity index is 1.50. The maximum absolute atomic E-state index is 13.0. The minimum absolute atomic E-state index is 0.141. The summed E-state index contributed by atoms with van der Waals surface area (Å²) in [6.07, 6.45) is 10.2. The van der Waals surface area contributed by atoms with Crippen molar-refractivity contribution in [3.8, 4) is 0 Å². The highest BCUT2D eigenvalue weighted by molar-refractivity contribution is 7.97. The third-order valence-corrected chi connectivity index (χ3v) is 6.78. The average molecular weight is 360 g/mol. The summed E-state index contributed by atoms with van der Waals surface area (Å²) in [5.74, 6) is 1.56. The smallest absolute Gasteiger partial charge is 0.154 e. The molecule has 25 heavy (non-hydrogen) atoms. The fraction of sp³-hybridized carbons (Fsp3) is 0.619. The number of carbonyl (C=O) groups excluding carboxylic acids is 2. The van der Waals surface area contributed by atoms with E-state index in [2.05, 4.69) is 35.1 Å². The van der Waals surface area contributed by atoms with Gasteiger partial charge in [0, 0.05) is 17.6 Å². The van der Waals surface area contributed by atoms with Crippen LogP contribution in [0.2, 0.25) is 0 Å². The zero-order chi connectivity index (χ0) is 17.5. The van der Waals surface area contributed by atoms with Crippen LogP contribution in [-0.4, -0.2) is 23.9 Å². The highest BCUT2D eigenvalue weighted by Gasteiger charge is 2.40. The quantitative estimate of drug-likeness (QED) is 0.429. The Morgan fingerprint density at radius 1 is 1.16 bits per heavy atom. The van der Waals surface area contributed by atoms with Gasteiger partial charge in [-0.1, -0.05) is 61.5 Å². The SMILES string of the molecule is O=C[C@@H]1CSNC1C(=O)C1CCCCC1CCCCc1ccccc1. The first-order valence-electron chi connectivity index (χ1n) is 9.70. The molecule has 0 amide bonds. The molecule has 136 valence electrons. The van der Waals surface area contributed by atoms with Crippen molar-refractivity contribution in [3.05, 3.63) is 35.9 Å². The predicted octanol–water partition coefficient (Wildman–Crippen LogP) is 4.21. The van der Waals surface area contributed by atoms with Crippen LogP contribution in [0, 0.1) is 17.8 Å². The number of hydrogen-bond acceptors (Lipinski definition) is 4. The molecule has 0 radical (unpaired) electrons. The van der Waals surface area contributed by atoms with E-state index in [1.165, 1.54) is 43.2 Å². The minimum Gasteiger partial charge on any atom is -0.303 e. The summed E-state index contributed by atoms with van der Waals surface area (Å²) >= 11 is 1.53. The van der Waals surface area contributed by atoms with Gasteiger partial charge in [-0.15, -0.1) is 0 Å². The van der Waals surface area contributed by atoms with Gasteiger partial charge in [0.2, 0.25) is 0 Å². The topological polar surface area (TPSA) is 46.2 Å². The maximum Gasteiger partial charge on any atom is 0.154 e. The van der Waals surface area contributed by atoms with Gasteiger partial charge in [0.25, 0.3) is 0 Å². The summed E-state index contributed by atoms with van der Waals surface area (Å²) in [5, 5.41) is 0. The largest absolute Gasteiger partial charge is 0.303 e. The lowest BCUT2D eigenvalue weighted by atomic mass is 9.72. The standard InChI is InChI=1S/C21H29NO2S/c23-14-18-15-25-22-20(18)21(24)19-13-7-6-12-17(19)11-5-4-10-16-8-2-1-3-9-16/h1-3,8-9,14,17-20,22H,4-7,10-13,15H2/t17?,18-,19?,20?/m1/s1. The molecule has 1 aliphatic heterocycles. The van der Waals surface area contributed by atoms with Crippen LogP contribution >= 0.6 is 11.9 Å². The molecule has 4 atom stereocenters. The van der Waals surface area contributed by atoms with Crippen molar-refractivity contribution < 1.29 is 9.59 Å². The highest BCUT2D eigenvalue weighted by Crippen LogP contribution is 2.36. The van der Waals surface area contributed by atoms with E-state index in [9.17, 15) is 9.59 Å². The highest BCUT2D eigenvalue weighted by atomic mass is 32.2. The second-order valence-electron chi connectivity index (χ2n) is 7.49. The van der Waals surface area contributed by atoms with Crippen LogP contribution in [0.1, 0.15) is 50.5 Å². The van der Waals surface area contributed by atoms with Gasteiger partial charge in [0.1, 0.15) is 6.29 Å². The zero-order valence-electron chi connectivity index (χ0n) is 14.9. The number of ketones is 1. The molecule has 1 heterocycles. The van der Waals surface area contributed by atoms with Crippen molar-refractivity contribution >= 4 is 24.0 Å². The molecule has 3 nitrogen and oxygen atoms in total.